The molecule has 0 spiro atoms. The normalized spacial score (nSPS) is 21.9. The van der Waals surface area contributed by atoms with Crippen LogP contribution in [0.15, 0.2) is 48.5 Å². The Balaban J connectivity index is 1.35. The van der Waals surface area contributed by atoms with Crippen LogP contribution in [0.1, 0.15) is 28.3 Å². The van der Waals surface area contributed by atoms with Crippen molar-refractivity contribution in [3.63, 3.8) is 0 Å². The maximum absolute atomic E-state index is 13.9. The molecule has 1 saturated carbocycles. The lowest BCUT2D eigenvalue weighted by atomic mass is 10.1. The molecule has 2 atom stereocenters. The zero-order chi connectivity index (χ0) is 19.0. The van der Waals surface area contributed by atoms with Crippen LogP contribution in [0.4, 0.5) is 4.39 Å². The van der Waals surface area contributed by atoms with Gasteiger partial charge in [-0.05, 0) is 36.1 Å². The van der Waals surface area contributed by atoms with E-state index in [1.165, 1.54) is 23.8 Å². The predicted octanol–water partition coefficient (Wildman–Crippen LogP) is 3.57. The van der Waals surface area contributed by atoms with Gasteiger partial charge < -0.3 is 9.80 Å². The van der Waals surface area contributed by atoms with Crippen LogP contribution >= 0.6 is 11.6 Å². The Morgan fingerprint density at radius 3 is 2.33 bits per heavy atom. The Labute approximate surface area is 162 Å². The molecule has 4 nitrogen and oxygen atoms in total. The maximum atomic E-state index is 13.9. The van der Waals surface area contributed by atoms with Crippen molar-refractivity contribution in [3.05, 3.63) is 70.5 Å². The summed E-state index contributed by atoms with van der Waals surface area (Å²) in [6.45, 7) is 1.76. The highest BCUT2D eigenvalue weighted by atomic mass is 35.5. The average Bonchev–Trinajstić information content (AvgIpc) is 3.50. The molecular formula is C21H20ClFN2O2. The van der Waals surface area contributed by atoms with Crippen molar-refractivity contribution in [2.75, 3.05) is 26.2 Å². The second-order valence-corrected chi connectivity index (χ2v) is 7.54. The van der Waals surface area contributed by atoms with Crippen molar-refractivity contribution in [3.8, 4) is 0 Å². The first kappa shape index (κ1) is 18.0. The molecular weight excluding hydrogens is 367 g/mol. The van der Waals surface area contributed by atoms with E-state index in [0.717, 1.165) is 6.42 Å². The SMILES string of the molecule is O=C(c1cc(Cl)ccc1F)N1CCN(C(=O)C2CC2c2ccccc2)CC1. The van der Waals surface area contributed by atoms with Gasteiger partial charge in [0.2, 0.25) is 5.91 Å². The molecule has 2 aliphatic rings. The van der Waals surface area contributed by atoms with Crippen molar-refractivity contribution in [1.82, 2.24) is 9.80 Å². The van der Waals surface area contributed by atoms with E-state index in [-0.39, 0.29) is 23.3 Å². The van der Waals surface area contributed by atoms with Crippen LogP contribution in [0, 0.1) is 11.7 Å². The van der Waals surface area contributed by atoms with Gasteiger partial charge in [0.25, 0.3) is 5.91 Å². The molecule has 27 heavy (non-hydrogen) atoms. The molecule has 2 fully saturated rings. The monoisotopic (exact) mass is 386 g/mol. The summed E-state index contributed by atoms with van der Waals surface area (Å²) in [7, 11) is 0. The molecule has 2 amide bonds. The Morgan fingerprint density at radius 1 is 0.963 bits per heavy atom. The molecule has 1 aliphatic carbocycles. The van der Waals surface area contributed by atoms with E-state index >= 15 is 0 Å². The molecule has 2 unspecified atom stereocenters. The quantitative estimate of drug-likeness (QED) is 0.809. The first-order valence-corrected chi connectivity index (χ1v) is 9.50. The number of halogens is 2. The summed E-state index contributed by atoms with van der Waals surface area (Å²) in [5, 5.41) is 0.328. The van der Waals surface area contributed by atoms with Gasteiger partial charge in [-0.3, -0.25) is 9.59 Å². The molecule has 0 radical (unpaired) electrons. The third-order valence-corrected chi connectivity index (χ3v) is 5.61. The maximum Gasteiger partial charge on any atom is 0.257 e. The van der Waals surface area contributed by atoms with Crippen LogP contribution in [0.2, 0.25) is 5.02 Å². The third kappa shape index (κ3) is 3.69. The zero-order valence-corrected chi connectivity index (χ0v) is 15.5. The molecule has 2 aromatic rings. The lowest BCUT2D eigenvalue weighted by Crippen LogP contribution is -2.51. The number of piperazine rings is 1. The van der Waals surface area contributed by atoms with Crippen LogP contribution in [0.25, 0.3) is 0 Å². The van der Waals surface area contributed by atoms with Gasteiger partial charge in [0.05, 0.1) is 5.56 Å². The van der Waals surface area contributed by atoms with E-state index < -0.39 is 5.82 Å². The van der Waals surface area contributed by atoms with Crippen LogP contribution in [0.5, 0.6) is 0 Å². The molecule has 1 saturated heterocycles. The number of hydrogen-bond donors (Lipinski definition) is 0. The smallest absolute Gasteiger partial charge is 0.257 e. The number of carbonyl (C=O) groups is 2. The minimum Gasteiger partial charge on any atom is -0.339 e. The minimum absolute atomic E-state index is 0.0198. The van der Waals surface area contributed by atoms with Crippen LogP contribution in [0.3, 0.4) is 0 Å². The zero-order valence-electron chi connectivity index (χ0n) is 14.8. The second-order valence-electron chi connectivity index (χ2n) is 7.10. The highest BCUT2D eigenvalue weighted by Crippen LogP contribution is 2.48. The van der Waals surface area contributed by atoms with Crippen LogP contribution in [-0.2, 0) is 4.79 Å². The molecule has 0 bridgehead atoms. The van der Waals surface area contributed by atoms with E-state index in [2.05, 4.69) is 12.1 Å². The summed E-state index contributed by atoms with van der Waals surface area (Å²) in [4.78, 5) is 28.7. The van der Waals surface area contributed by atoms with Crippen molar-refractivity contribution >= 4 is 23.4 Å². The molecule has 4 rings (SSSR count). The van der Waals surface area contributed by atoms with Crippen molar-refractivity contribution in [2.45, 2.75) is 12.3 Å². The number of carbonyl (C=O) groups excluding carboxylic acids is 2. The molecule has 6 heteroatoms. The first-order chi connectivity index (χ1) is 13.0. The van der Waals surface area contributed by atoms with Crippen molar-refractivity contribution in [1.29, 1.82) is 0 Å². The summed E-state index contributed by atoms with van der Waals surface area (Å²) in [5.74, 6) is -0.453. The standard InChI is InChI=1S/C21H20ClFN2O2/c22-15-6-7-19(23)18(12-15)21(27)25-10-8-24(9-11-25)20(26)17-13-16(17)14-4-2-1-3-5-14/h1-7,12,16-17H,8-11,13H2. The fourth-order valence-corrected chi connectivity index (χ4v) is 3.90. The van der Waals surface area contributed by atoms with Crippen molar-refractivity contribution in [2.24, 2.45) is 5.92 Å². The largest absolute Gasteiger partial charge is 0.339 e. The molecule has 2 aromatic carbocycles. The van der Waals surface area contributed by atoms with E-state index in [1.54, 1.807) is 4.90 Å². The van der Waals surface area contributed by atoms with E-state index in [1.807, 2.05) is 23.1 Å². The second kappa shape index (κ2) is 7.31. The number of amides is 2. The van der Waals surface area contributed by atoms with Gasteiger partial charge in [0.1, 0.15) is 5.82 Å². The molecule has 0 N–H and O–H groups in total. The van der Waals surface area contributed by atoms with Gasteiger partial charge in [0.15, 0.2) is 0 Å². The summed E-state index contributed by atoms with van der Waals surface area (Å²) in [6.07, 6.45) is 0.885. The van der Waals surface area contributed by atoms with Gasteiger partial charge >= 0.3 is 0 Å². The van der Waals surface area contributed by atoms with Gasteiger partial charge in [-0.15, -0.1) is 0 Å². The number of rotatable bonds is 3. The lowest BCUT2D eigenvalue weighted by Gasteiger charge is -2.35. The highest BCUT2D eigenvalue weighted by molar-refractivity contribution is 6.31. The van der Waals surface area contributed by atoms with E-state index in [9.17, 15) is 14.0 Å². The fraction of sp³-hybridized carbons (Fsp3) is 0.333. The third-order valence-electron chi connectivity index (χ3n) is 5.37. The number of hydrogen-bond acceptors (Lipinski definition) is 2. The van der Waals surface area contributed by atoms with Crippen LogP contribution in [-0.4, -0.2) is 47.8 Å². The van der Waals surface area contributed by atoms with Gasteiger partial charge in [-0.2, -0.15) is 0 Å². The lowest BCUT2D eigenvalue weighted by molar-refractivity contribution is -0.134. The molecule has 1 aliphatic heterocycles. The molecule has 140 valence electrons. The van der Waals surface area contributed by atoms with E-state index in [4.69, 9.17) is 11.6 Å². The average molecular weight is 387 g/mol. The number of benzene rings is 2. The predicted molar refractivity (Wildman–Crippen MR) is 101 cm³/mol. The molecule has 0 aromatic heterocycles. The van der Waals surface area contributed by atoms with Gasteiger partial charge in [-0.1, -0.05) is 41.9 Å². The van der Waals surface area contributed by atoms with Crippen LogP contribution < -0.4 is 0 Å². The Hall–Kier alpha value is -2.40. The Bertz CT molecular complexity index is 866. The number of nitrogens with zero attached hydrogens (tertiary/aromatic N) is 2. The summed E-state index contributed by atoms with van der Waals surface area (Å²) >= 11 is 5.88. The van der Waals surface area contributed by atoms with E-state index in [0.29, 0.717) is 37.1 Å². The highest BCUT2D eigenvalue weighted by Gasteiger charge is 2.46. The molecule has 1 heterocycles. The topological polar surface area (TPSA) is 40.6 Å². The van der Waals surface area contributed by atoms with Gasteiger partial charge in [0, 0.05) is 37.1 Å². The Kier molecular flexibility index (Phi) is 4.87. The van der Waals surface area contributed by atoms with Gasteiger partial charge in [-0.25, -0.2) is 4.39 Å². The van der Waals surface area contributed by atoms with Crippen molar-refractivity contribution < 1.29 is 14.0 Å². The summed E-state index contributed by atoms with van der Waals surface area (Å²) < 4.78 is 13.9. The minimum atomic E-state index is -0.577. The fourth-order valence-electron chi connectivity index (χ4n) is 3.73. The Morgan fingerprint density at radius 2 is 1.63 bits per heavy atom. The summed E-state index contributed by atoms with van der Waals surface area (Å²) in [6, 6.07) is 14.1. The first-order valence-electron chi connectivity index (χ1n) is 9.12. The summed E-state index contributed by atoms with van der Waals surface area (Å²) in [5.41, 5.74) is 1.19.